The molecule has 2 amide bonds. The average Bonchev–Trinajstić information content (AvgIpc) is 2.90. The second-order valence-electron chi connectivity index (χ2n) is 9.77. The first-order valence-electron chi connectivity index (χ1n) is 13.4. The van der Waals surface area contributed by atoms with E-state index in [0.717, 1.165) is 11.8 Å². The summed E-state index contributed by atoms with van der Waals surface area (Å²) < 4.78 is 37.5. The molecular weight excluding hydrogens is 518 g/mol. The molecule has 2 aromatic rings. The lowest BCUT2D eigenvalue weighted by Crippen LogP contribution is -2.49. The molecule has 0 fully saturated rings. The van der Waals surface area contributed by atoms with E-state index in [1.165, 1.54) is 4.31 Å². The molecule has 0 aliphatic heterocycles. The first-order valence-corrected chi connectivity index (χ1v) is 15.3. The number of rotatable bonds is 16. The van der Waals surface area contributed by atoms with Crippen molar-refractivity contribution in [3.63, 3.8) is 0 Å². The Labute approximate surface area is 233 Å². The van der Waals surface area contributed by atoms with Gasteiger partial charge >= 0.3 is 0 Å². The van der Waals surface area contributed by atoms with Crippen molar-refractivity contribution in [1.29, 1.82) is 0 Å². The van der Waals surface area contributed by atoms with Crippen molar-refractivity contribution in [1.82, 2.24) is 10.2 Å². The van der Waals surface area contributed by atoms with Crippen LogP contribution in [0, 0.1) is 5.92 Å². The van der Waals surface area contributed by atoms with Crippen molar-refractivity contribution in [2.45, 2.75) is 59.5 Å². The summed E-state index contributed by atoms with van der Waals surface area (Å²) in [5.74, 6) is 1.02. The zero-order chi connectivity index (χ0) is 29.0. The molecule has 0 aliphatic carbocycles. The van der Waals surface area contributed by atoms with Crippen LogP contribution in [0.5, 0.6) is 11.5 Å². The van der Waals surface area contributed by atoms with E-state index < -0.39 is 16.1 Å². The van der Waals surface area contributed by atoms with Crippen molar-refractivity contribution in [2.75, 3.05) is 37.4 Å². The fourth-order valence-corrected chi connectivity index (χ4v) is 5.16. The van der Waals surface area contributed by atoms with E-state index in [1.54, 1.807) is 36.3 Å². The highest BCUT2D eigenvalue weighted by atomic mass is 32.2. The second-order valence-corrected chi connectivity index (χ2v) is 11.7. The zero-order valence-electron chi connectivity index (χ0n) is 24.0. The number of amides is 2. The smallest absolute Gasteiger partial charge is 0.242 e. The summed E-state index contributed by atoms with van der Waals surface area (Å²) in [7, 11) is -2.04. The van der Waals surface area contributed by atoms with Gasteiger partial charge in [-0.1, -0.05) is 45.0 Å². The highest BCUT2D eigenvalue weighted by molar-refractivity contribution is 7.92. The molecule has 0 aliphatic rings. The van der Waals surface area contributed by atoms with Gasteiger partial charge in [0.05, 0.1) is 25.7 Å². The van der Waals surface area contributed by atoms with Gasteiger partial charge in [0.15, 0.2) is 0 Å². The van der Waals surface area contributed by atoms with E-state index in [1.807, 2.05) is 52.0 Å². The summed E-state index contributed by atoms with van der Waals surface area (Å²) in [6.07, 6.45) is 1.94. The van der Waals surface area contributed by atoms with Gasteiger partial charge < -0.3 is 19.7 Å². The number of carbonyl (C=O) groups is 2. The number of nitrogens with zero attached hydrogens (tertiary/aromatic N) is 2. The van der Waals surface area contributed by atoms with Crippen LogP contribution in [-0.4, -0.2) is 64.2 Å². The van der Waals surface area contributed by atoms with Crippen molar-refractivity contribution < 1.29 is 27.5 Å². The van der Waals surface area contributed by atoms with Crippen LogP contribution in [0.4, 0.5) is 5.69 Å². The van der Waals surface area contributed by atoms with Crippen molar-refractivity contribution in [3.8, 4) is 11.5 Å². The van der Waals surface area contributed by atoms with Crippen LogP contribution in [0.25, 0.3) is 0 Å². The summed E-state index contributed by atoms with van der Waals surface area (Å²) in [4.78, 5) is 28.3. The van der Waals surface area contributed by atoms with Gasteiger partial charge in [-0.15, -0.1) is 0 Å². The minimum atomic E-state index is -3.63. The summed E-state index contributed by atoms with van der Waals surface area (Å²) in [5.41, 5.74) is 1.30. The van der Waals surface area contributed by atoms with Gasteiger partial charge in [-0.3, -0.25) is 13.9 Å². The topological polar surface area (TPSA) is 105 Å². The van der Waals surface area contributed by atoms with Gasteiger partial charge in [-0.2, -0.15) is 0 Å². The van der Waals surface area contributed by atoms with Crippen LogP contribution in [0.3, 0.4) is 0 Å². The van der Waals surface area contributed by atoms with Crippen molar-refractivity contribution in [3.05, 3.63) is 54.1 Å². The molecule has 10 heteroatoms. The third kappa shape index (κ3) is 9.76. The fraction of sp³-hybridized carbons (Fsp3) is 0.517. The third-order valence-corrected chi connectivity index (χ3v) is 7.35. The maximum absolute atomic E-state index is 13.6. The molecule has 2 rings (SSSR count). The molecule has 0 aromatic heterocycles. The molecular formula is C29H43N3O6S. The number of hydrogen-bond acceptors (Lipinski definition) is 6. The number of anilines is 1. The van der Waals surface area contributed by atoms with Crippen LogP contribution in [0.2, 0.25) is 0 Å². The van der Waals surface area contributed by atoms with Crippen LogP contribution in [-0.2, 0) is 26.2 Å². The summed E-state index contributed by atoms with van der Waals surface area (Å²) in [6, 6.07) is 13.7. The number of para-hydroxylation sites is 2. The molecule has 2 aromatic carbocycles. The Morgan fingerprint density at radius 3 is 2.26 bits per heavy atom. The fourth-order valence-electron chi connectivity index (χ4n) is 4.19. The molecule has 1 N–H and O–H groups in total. The number of sulfonamides is 1. The van der Waals surface area contributed by atoms with Crippen LogP contribution in [0.1, 0.15) is 52.5 Å². The summed E-state index contributed by atoms with van der Waals surface area (Å²) >= 11 is 0. The number of carbonyl (C=O) groups excluding carboxylic acids is 2. The van der Waals surface area contributed by atoms with Gasteiger partial charge in [0.1, 0.15) is 17.5 Å². The van der Waals surface area contributed by atoms with Crippen molar-refractivity contribution in [2.24, 2.45) is 5.92 Å². The molecule has 1 atom stereocenters. The van der Waals surface area contributed by atoms with E-state index in [-0.39, 0.29) is 43.7 Å². The summed E-state index contributed by atoms with van der Waals surface area (Å²) in [6.45, 7) is 8.99. The zero-order valence-corrected chi connectivity index (χ0v) is 24.8. The number of hydrogen-bond donors (Lipinski definition) is 1. The minimum Gasteiger partial charge on any atom is -0.497 e. The molecule has 0 radical (unpaired) electrons. The van der Waals surface area contributed by atoms with Gasteiger partial charge in [-0.05, 0) is 55.5 Å². The molecule has 0 saturated carbocycles. The van der Waals surface area contributed by atoms with Gasteiger partial charge in [0, 0.05) is 26.1 Å². The Kier molecular flexibility index (Phi) is 12.6. The molecule has 0 unspecified atom stereocenters. The molecule has 0 saturated heterocycles. The number of nitrogens with one attached hydrogen (secondary N) is 1. The lowest BCUT2D eigenvalue weighted by atomic mass is 10.1. The van der Waals surface area contributed by atoms with E-state index in [9.17, 15) is 18.0 Å². The first kappa shape index (κ1) is 31.9. The lowest BCUT2D eigenvalue weighted by Gasteiger charge is -2.31. The molecule has 0 spiro atoms. The number of ether oxygens (including phenoxy) is 2. The Balaban J connectivity index is 2.25. The minimum absolute atomic E-state index is 0.0763. The lowest BCUT2D eigenvalue weighted by molar-refractivity contribution is -0.141. The Hall–Kier alpha value is -3.27. The monoisotopic (exact) mass is 561 g/mol. The molecule has 0 bridgehead atoms. The molecule has 9 nitrogen and oxygen atoms in total. The van der Waals surface area contributed by atoms with Gasteiger partial charge in [0.25, 0.3) is 0 Å². The largest absolute Gasteiger partial charge is 0.497 e. The Bertz CT molecular complexity index is 1170. The second kappa shape index (κ2) is 15.4. The SMILES string of the molecule is CCOc1ccccc1N(CCCC(=O)N(Cc1ccc(OC)cc1)[C@@H](CC)C(=O)NCC(C)C)S(C)(=O)=O. The van der Waals surface area contributed by atoms with E-state index in [0.29, 0.717) is 36.8 Å². The molecule has 216 valence electrons. The number of methoxy groups -OCH3 is 1. The Morgan fingerprint density at radius 2 is 1.69 bits per heavy atom. The van der Waals surface area contributed by atoms with Gasteiger partial charge in [0.2, 0.25) is 21.8 Å². The Morgan fingerprint density at radius 1 is 1.03 bits per heavy atom. The predicted molar refractivity (Wildman–Crippen MR) is 155 cm³/mol. The highest BCUT2D eigenvalue weighted by Crippen LogP contribution is 2.30. The quantitative estimate of drug-likeness (QED) is 0.329. The first-order chi connectivity index (χ1) is 18.5. The molecule has 0 heterocycles. The van der Waals surface area contributed by atoms with Crippen LogP contribution in [0.15, 0.2) is 48.5 Å². The standard InChI is InChI=1S/C29H43N3O6S/c1-7-25(29(34)30-20-22(3)4)31(21-23-15-17-24(37-5)18-16-23)28(33)14-11-19-32(39(6,35)36)26-12-9-10-13-27(26)38-8-2/h9-10,12-13,15-18,22,25H,7-8,11,14,19-21H2,1-6H3,(H,30,34)/t25-/m0/s1. The van der Waals surface area contributed by atoms with Crippen LogP contribution < -0.4 is 19.1 Å². The predicted octanol–water partition coefficient (Wildman–Crippen LogP) is 4.22. The third-order valence-electron chi connectivity index (χ3n) is 6.17. The molecule has 39 heavy (non-hydrogen) atoms. The van der Waals surface area contributed by atoms with Crippen LogP contribution >= 0.6 is 0 Å². The normalized spacial score (nSPS) is 12.1. The van der Waals surface area contributed by atoms with E-state index in [4.69, 9.17) is 9.47 Å². The number of benzene rings is 2. The summed E-state index contributed by atoms with van der Waals surface area (Å²) in [5, 5.41) is 2.95. The van der Waals surface area contributed by atoms with Gasteiger partial charge in [-0.25, -0.2) is 8.42 Å². The van der Waals surface area contributed by atoms with Crippen molar-refractivity contribution >= 4 is 27.5 Å². The van der Waals surface area contributed by atoms with E-state index >= 15 is 0 Å². The average molecular weight is 562 g/mol. The highest BCUT2D eigenvalue weighted by Gasteiger charge is 2.29. The maximum atomic E-state index is 13.6. The van der Waals surface area contributed by atoms with E-state index in [2.05, 4.69) is 5.32 Å². The maximum Gasteiger partial charge on any atom is 0.242 e.